The summed E-state index contributed by atoms with van der Waals surface area (Å²) in [5.41, 5.74) is 0.539. The van der Waals surface area contributed by atoms with E-state index >= 15 is 0 Å². The Balaban J connectivity index is 1.45. The molecule has 1 saturated carbocycles. The minimum Gasteiger partial charge on any atom is -0.472 e. The van der Waals surface area contributed by atoms with Gasteiger partial charge < -0.3 is 9.64 Å². The van der Waals surface area contributed by atoms with Crippen LogP contribution >= 0.6 is 0 Å². The highest BCUT2D eigenvalue weighted by atomic mass is 16.5. The van der Waals surface area contributed by atoms with Crippen LogP contribution in [0.2, 0.25) is 0 Å². The van der Waals surface area contributed by atoms with Gasteiger partial charge in [0.2, 0.25) is 11.8 Å². The monoisotopic (exact) mass is 313 g/mol. The largest absolute Gasteiger partial charge is 0.472 e. The summed E-state index contributed by atoms with van der Waals surface area (Å²) in [6, 6.07) is 5.37. The van der Waals surface area contributed by atoms with Crippen molar-refractivity contribution in [3.05, 3.63) is 23.9 Å². The van der Waals surface area contributed by atoms with Crippen LogP contribution in [-0.2, 0) is 4.79 Å². The Morgan fingerprint density at radius 3 is 3.00 bits per heavy atom. The first-order valence-electron chi connectivity index (χ1n) is 8.55. The molecule has 1 aromatic heterocycles. The summed E-state index contributed by atoms with van der Waals surface area (Å²) < 4.78 is 5.82. The van der Waals surface area contributed by atoms with Gasteiger partial charge in [-0.3, -0.25) is 4.79 Å². The van der Waals surface area contributed by atoms with Crippen LogP contribution in [0, 0.1) is 17.2 Å². The lowest BCUT2D eigenvalue weighted by Gasteiger charge is -2.18. The smallest absolute Gasteiger partial charge is 0.222 e. The highest BCUT2D eigenvalue weighted by molar-refractivity contribution is 5.76. The fourth-order valence-electron chi connectivity index (χ4n) is 3.55. The molecule has 1 aliphatic heterocycles. The molecule has 1 aliphatic carbocycles. The third kappa shape index (κ3) is 4.22. The number of hydrogen-bond donors (Lipinski definition) is 0. The maximum Gasteiger partial charge on any atom is 0.222 e. The predicted molar refractivity (Wildman–Crippen MR) is 85.8 cm³/mol. The van der Waals surface area contributed by atoms with Crippen molar-refractivity contribution in [2.24, 2.45) is 5.92 Å². The lowest BCUT2D eigenvalue weighted by atomic mass is 10.0. The topological polar surface area (TPSA) is 66.2 Å². The minimum absolute atomic E-state index is 0.0214. The molecule has 0 bridgehead atoms. The molecule has 0 radical (unpaired) electrons. The summed E-state index contributed by atoms with van der Waals surface area (Å²) >= 11 is 0. The highest BCUT2D eigenvalue weighted by Crippen LogP contribution is 2.29. The SMILES string of the molecule is N#Cc1ccnc(OC2CCN(C(=O)CCC3CCCC3)C2)c1. The van der Waals surface area contributed by atoms with Gasteiger partial charge in [-0.15, -0.1) is 0 Å². The molecule has 5 nitrogen and oxygen atoms in total. The molecule has 23 heavy (non-hydrogen) atoms. The molecule has 0 aromatic carbocycles. The van der Waals surface area contributed by atoms with Crippen molar-refractivity contribution in [3.63, 3.8) is 0 Å². The zero-order valence-electron chi connectivity index (χ0n) is 13.4. The van der Waals surface area contributed by atoms with Crippen LogP contribution in [0.5, 0.6) is 5.88 Å². The molecule has 5 heteroatoms. The molecule has 1 amide bonds. The number of aromatic nitrogens is 1. The van der Waals surface area contributed by atoms with Crippen LogP contribution < -0.4 is 4.74 Å². The highest BCUT2D eigenvalue weighted by Gasteiger charge is 2.28. The Morgan fingerprint density at radius 1 is 1.39 bits per heavy atom. The minimum atomic E-state index is -0.0214. The van der Waals surface area contributed by atoms with Crippen molar-refractivity contribution in [1.29, 1.82) is 5.26 Å². The van der Waals surface area contributed by atoms with E-state index in [1.54, 1.807) is 18.3 Å². The van der Waals surface area contributed by atoms with Crippen LogP contribution in [-0.4, -0.2) is 35.0 Å². The second kappa shape index (κ2) is 7.45. The third-order valence-electron chi connectivity index (χ3n) is 4.89. The molecule has 1 aromatic rings. The molecule has 2 fully saturated rings. The van der Waals surface area contributed by atoms with Crippen molar-refractivity contribution < 1.29 is 9.53 Å². The van der Waals surface area contributed by atoms with Crippen molar-refractivity contribution in [2.75, 3.05) is 13.1 Å². The van der Waals surface area contributed by atoms with E-state index < -0.39 is 0 Å². The lowest BCUT2D eigenvalue weighted by Crippen LogP contribution is -2.31. The first kappa shape index (κ1) is 15.8. The number of hydrogen-bond acceptors (Lipinski definition) is 4. The number of nitrogens with zero attached hydrogens (tertiary/aromatic N) is 3. The number of carbonyl (C=O) groups excluding carboxylic acids is 1. The van der Waals surface area contributed by atoms with Crippen molar-refractivity contribution in [3.8, 4) is 11.9 Å². The predicted octanol–water partition coefficient (Wildman–Crippen LogP) is 2.90. The summed E-state index contributed by atoms with van der Waals surface area (Å²) in [4.78, 5) is 18.4. The zero-order chi connectivity index (χ0) is 16.1. The molecule has 3 rings (SSSR count). The number of rotatable bonds is 5. The van der Waals surface area contributed by atoms with Gasteiger partial charge in [-0.1, -0.05) is 25.7 Å². The number of pyridine rings is 1. The average Bonchev–Trinajstić information content (AvgIpc) is 3.24. The summed E-state index contributed by atoms with van der Waals surface area (Å²) in [6.45, 7) is 1.38. The van der Waals surface area contributed by atoms with Gasteiger partial charge in [0, 0.05) is 31.6 Å². The van der Waals surface area contributed by atoms with Crippen LogP contribution in [0.4, 0.5) is 0 Å². The van der Waals surface area contributed by atoms with Crippen LogP contribution in [0.1, 0.15) is 50.5 Å². The summed E-state index contributed by atoms with van der Waals surface area (Å²) in [5.74, 6) is 1.47. The van der Waals surface area contributed by atoms with Gasteiger partial charge in [0.1, 0.15) is 6.10 Å². The summed E-state index contributed by atoms with van der Waals surface area (Å²) in [5, 5.41) is 8.90. The van der Waals surface area contributed by atoms with E-state index in [9.17, 15) is 4.79 Å². The van der Waals surface area contributed by atoms with Gasteiger partial charge in [0.15, 0.2) is 0 Å². The summed E-state index contributed by atoms with van der Waals surface area (Å²) in [6.07, 6.45) is 9.32. The van der Waals surface area contributed by atoms with Gasteiger partial charge in [-0.25, -0.2) is 4.98 Å². The van der Waals surface area contributed by atoms with Crippen LogP contribution in [0.25, 0.3) is 0 Å². The fraction of sp³-hybridized carbons (Fsp3) is 0.611. The van der Waals surface area contributed by atoms with Gasteiger partial charge in [0.05, 0.1) is 18.2 Å². The van der Waals surface area contributed by atoms with Crippen molar-refractivity contribution >= 4 is 5.91 Å². The Morgan fingerprint density at radius 2 is 2.22 bits per heavy atom. The molecular formula is C18H23N3O2. The Labute approximate surface area is 137 Å². The van der Waals surface area contributed by atoms with E-state index in [1.807, 2.05) is 4.90 Å². The number of ether oxygens (including phenoxy) is 1. The van der Waals surface area contributed by atoms with Crippen LogP contribution in [0.3, 0.4) is 0 Å². The Bertz CT molecular complexity index is 590. The van der Waals surface area contributed by atoms with E-state index in [1.165, 1.54) is 25.7 Å². The summed E-state index contributed by atoms with van der Waals surface area (Å²) in [7, 11) is 0. The van der Waals surface area contributed by atoms with Gasteiger partial charge in [-0.2, -0.15) is 5.26 Å². The van der Waals surface area contributed by atoms with E-state index in [0.29, 0.717) is 24.4 Å². The standard InChI is InChI=1S/C18H23N3O2/c19-12-15-7-9-20-17(11-15)23-16-8-10-21(13-16)18(22)6-5-14-3-1-2-4-14/h7,9,11,14,16H,1-6,8,10,13H2. The molecule has 1 atom stereocenters. The van der Waals surface area contributed by atoms with Crippen molar-refractivity contribution in [1.82, 2.24) is 9.88 Å². The number of nitriles is 1. The normalized spacial score (nSPS) is 21.3. The quantitative estimate of drug-likeness (QED) is 0.838. The van der Waals surface area contributed by atoms with E-state index in [2.05, 4.69) is 11.1 Å². The second-order valence-electron chi connectivity index (χ2n) is 6.55. The van der Waals surface area contributed by atoms with Crippen molar-refractivity contribution in [2.45, 2.75) is 51.0 Å². The van der Waals surface area contributed by atoms with E-state index in [0.717, 1.165) is 25.3 Å². The number of carbonyl (C=O) groups is 1. The van der Waals surface area contributed by atoms with E-state index in [4.69, 9.17) is 10.00 Å². The molecule has 0 N–H and O–H groups in total. The molecule has 2 heterocycles. The van der Waals surface area contributed by atoms with Gasteiger partial charge in [-0.05, 0) is 18.4 Å². The Hall–Kier alpha value is -2.09. The molecule has 2 aliphatic rings. The maximum atomic E-state index is 12.3. The molecular weight excluding hydrogens is 290 g/mol. The first-order chi connectivity index (χ1) is 11.2. The number of likely N-dealkylation sites (tertiary alicyclic amines) is 1. The zero-order valence-corrected chi connectivity index (χ0v) is 13.4. The second-order valence-corrected chi connectivity index (χ2v) is 6.55. The lowest BCUT2D eigenvalue weighted by molar-refractivity contribution is -0.130. The van der Waals surface area contributed by atoms with Crippen LogP contribution in [0.15, 0.2) is 18.3 Å². The van der Waals surface area contributed by atoms with Gasteiger partial charge in [0.25, 0.3) is 0 Å². The molecule has 1 saturated heterocycles. The fourth-order valence-corrected chi connectivity index (χ4v) is 3.55. The van der Waals surface area contributed by atoms with Gasteiger partial charge >= 0.3 is 0 Å². The third-order valence-corrected chi connectivity index (χ3v) is 4.89. The van der Waals surface area contributed by atoms with E-state index in [-0.39, 0.29) is 12.0 Å². The first-order valence-corrected chi connectivity index (χ1v) is 8.55. The molecule has 1 unspecified atom stereocenters. The molecule has 0 spiro atoms. The molecule has 122 valence electrons. The number of amides is 1. The maximum absolute atomic E-state index is 12.3. The average molecular weight is 313 g/mol. The Kier molecular flexibility index (Phi) is 5.12.